The molecule has 0 saturated carbocycles. The van der Waals surface area contributed by atoms with E-state index in [1.165, 1.54) is 22.5 Å². The largest absolute Gasteiger partial charge is 0.218 e. The van der Waals surface area contributed by atoms with Gasteiger partial charge in [0.05, 0.1) is 5.75 Å². The third kappa shape index (κ3) is 3.68. The fourth-order valence-electron chi connectivity index (χ4n) is 2.26. The van der Waals surface area contributed by atoms with Gasteiger partial charge in [-0.15, -0.1) is 0 Å². The molecule has 1 aromatic rings. The van der Waals surface area contributed by atoms with Gasteiger partial charge >= 0.3 is 0 Å². The molecule has 106 valence electrons. The summed E-state index contributed by atoms with van der Waals surface area (Å²) in [6.45, 7) is 1.04. The molecule has 2 rings (SSSR count). The van der Waals surface area contributed by atoms with Crippen LogP contribution < -0.4 is 0 Å². The zero-order chi connectivity index (χ0) is 13.9. The molecule has 1 aliphatic rings. The van der Waals surface area contributed by atoms with Crippen LogP contribution in [-0.4, -0.2) is 25.8 Å². The van der Waals surface area contributed by atoms with Gasteiger partial charge in [0.25, 0.3) is 0 Å². The molecule has 1 saturated heterocycles. The first kappa shape index (κ1) is 14.8. The first-order valence-electron chi connectivity index (χ1n) is 6.41. The zero-order valence-electron chi connectivity index (χ0n) is 10.6. The summed E-state index contributed by atoms with van der Waals surface area (Å²) in [5.41, 5.74) is 0.0633. The van der Waals surface area contributed by atoms with Gasteiger partial charge in [-0.2, -0.15) is 0 Å². The summed E-state index contributed by atoms with van der Waals surface area (Å²) in [5, 5.41) is 0.165. The van der Waals surface area contributed by atoms with E-state index in [9.17, 15) is 12.8 Å². The van der Waals surface area contributed by atoms with E-state index in [4.69, 9.17) is 11.6 Å². The van der Waals surface area contributed by atoms with Gasteiger partial charge < -0.3 is 0 Å². The maximum atomic E-state index is 13.7. The van der Waals surface area contributed by atoms with Crippen LogP contribution in [0.15, 0.2) is 18.2 Å². The summed E-state index contributed by atoms with van der Waals surface area (Å²) >= 11 is 5.88. The Morgan fingerprint density at radius 2 is 1.79 bits per heavy atom. The first-order valence-corrected chi connectivity index (χ1v) is 8.40. The quantitative estimate of drug-likeness (QED) is 0.860. The lowest BCUT2D eigenvalue weighted by Gasteiger charge is -2.20. The van der Waals surface area contributed by atoms with Crippen molar-refractivity contribution in [2.75, 3.05) is 13.1 Å². The Kier molecular flexibility index (Phi) is 4.81. The van der Waals surface area contributed by atoms with Crippen molar-refractivity contribution in [2.24, 2.45) is 0 Å². The predicted molar refractivity (Wildman–Crippen MR) is 74.1 cm³/mol. The van der Waals surface area contributed by atoms with Crippen LogP contribution in [0.25, 0.3) is 0 Å². The van der Waals surface area contributed by atoms with Crippen molar-refractivity contribution >= 4 is 21.6 Å². The van der Waals surface area contributed by atoms with Gasteiger partial charge in [0.1, 0.15) is 5.82 Å². The molecule has 1 aliphatic heterocycles. The van der Waals surface area contributed by atoms with Crippen molar-refractivity contribution < 1.29 is 12.8 Å². The molecule has 1 fully saturated rings. The number of rotatable bonds is 3. The van der Waals surface area contributed by atoms with Crippen LogP contribution in [0.2, 0.25) is 5.02 Å². The predicted octanol–water partition coefficient (Wildman–Crippen LogP) is 3.18. The minimum absolute atomic E-state index is 0.0633. The van der Waals surface area contributed by atoms with E-state index >= 15 is 0 Å². The molecule has 6 heteroatoms. The highest BCUT2D eigenvalue weighted by atomic mass is 35.5. The minimum Gasteiger partial charge on any atom is -0.212 e. The van der Waals surface area contributed by atoms with Crippen molar-refractivity contribution in [3.05, 3.63) is 34.6 Å². The number of nitrogens with zero attached hydrogens (tertiary/aromatic N) is 1. The van der Waals surface area contributed by atoms with E-state index in [1.807, 2.05) is 0 Å². The molecular weight excluding hydrogens is 289 g/mol. The molecule has 0 spiro atoms. The van der Waals surface area contributed by atoms with Gasteiger partial charge in [-0.25, -0.2) is 17.1 Å². The van der Waals surface area contributed by atoms with Crippen LogP contribution in [0.3, 0.4) is 0 Å². The van der Waals surface area contributed by atoms with Gasteiger partial charge in [0, 0.05) is 23.7 Å². The number of sulfonamides is 1. The molecule has 1 aromatic carbocycles. The van der Waals surface area contributed by atoms with E-state index < -0.39 is 15.8 Å². The fourth-order valence-corrected chi connectivity index (χ4v) is 4.23. The highest BCUT2D eigenvalue weighted by Crippen LogP contribution is 2.24. The number of hydrogen-bond acceptors (Lipinski definition) is 2. The Morgan fingerprint density at radius 3 is 2.37 bits per heavy atom. The molecule has 0 amide bonds. The molecule has 3 nitrogen and oxygen atoms in total. The van der Waals surface area contributed by atoms with Gasteiger partial charge in [-0.05, 0) is 25.0 Å². The van der Waals surface area contributed by atoms with Crippen molar-refractivity contribution in [3.8, 4) is 0 Å². The van der Waals surface area contributed by atoms with Gasteiger partial charge in [-0.3, -0.25) is 0 Å². The summed E-state index contributed by atoms with van der Waals surface area (Å²) in [6, 6.07) is 4.22. The SMILES string of the molecule is O=S(=O)(Cc1c(F)cccc1Cl)N1CCCCCC1. The summed E-state index contributed by atoms with van der Waals surface area (Å²) < 4.78 is 39.7. The van der Waals surface area contributed by atoms with Crippen LogP contribution >= 0.6 is 11.6 Å². The first-order chi connectivity index (χ1) is 9.00. The summed E-state index contributed by atoms with van der Waals surface area (Å²) in [6.07, 6.45) is 3.83. The van der Waals surface area contributed by atoms with Gasteiger partial charge in [0.2, 0.25) is 10.0 Å². The van der Waals surface area contributed by atoms with Crippen molar-refractivity contribution in [1.29, 1.82) is 0 Å². The third-order valence-corrected chi connectivity index (χ3v) is 5.51. The molecule has 0 unspecified atom stereocenters. The zero-order valence-corrected chi connectivity index (χ0v) is 12.2. The second-order valence-corrected chi connectivity index (χ2v) is 7.15. The number of halogens is 2. The average Bonchev–Trinajstić information content (AvgIpc) is 2.63. The lowest BCUT2D eigenvalue weighted by molar-refractivity contribution is 0.422. The van der Waals surface area contributed by atoms with Crippen LogP contribution in [0, 0.1) is 5.82 Å². The molecule has 0 bridgehead atoms. The lowest BCUT2D eigenvalue weighted by atomic mass is 10.2. The molecule has 0 atom stereocenters. The Labute approximate surface area is 118 Å². The van der Waals surface area contributed by atoms with Crippen molar-refractivity contribution in [2.45, 2.75) is 31.4 Å². The highest BCUT2D eigenvalue weighted by Gasteiger charge is 2.25. The molecule has 1 heterocycles. The van der Waals surface area contributed by atoms with Crippen LogP contribution in [-0.2, 0) is 15.8 Å². The molecule has 0 aliphatic carbocycles. The maximum Gasteiger partial charge on any atom is 0.218 e. The summed E-state index contributed by atoms with van der Waals surface area (Å²) in [5.74, 6) is -0.927. The summed E-state index contributed by atoms with van der Waals surface area (Å²) in [4.78, 5) is 0. The number of benzene rings is 1. The molecule has 0 N–H and O–H groups in total. The smallest absolute Gasteiger partial charge is 0.212 e. The van der Waals surface area contributed by atoms with Crippen molar-refractivity contribution in [1.82, 2.24) is 4.31 Å². The normalized spacial score (nSPS) is 18.2. The van der Waals surface area contributed by atoms with E-state index in [0.717, 1.165) is 25.7 Å². The Hall–Kier alpha value is -0.650. The maximum absolute atomic E-state index is 13.7. The van der Waals surface area contributed by atoms with Gasteiger partial charge in [0.15, 0.2) is 0 Å². The second-order valence-electron chi connectivity index (χ2n) is 4.77. The standard InChI is InChI=1S/C13H17ClFNO2S/c14-12-6-5-7-13(15)11(12)10-19(17,18)16-8-3-1-2-4-9-16/h5-7H,1-4,8-10H2. The van der Waals surface area contributed by atoms with Crippen LogP contribution in [0.4, 0.5) is 4.39 Å². The second kappa shape index (κ2) is 6.20. The lowest BCUT2D eigenvalue weighted by Crippen LogP contribution is -2.33. The number of hydrogen-bond donors (Lipinski definition) is 0. The van der Waals surface area contributed by atoms with E-state index in [2.05, 4.69) is 0 Å². The minimum atomic E-state index is -3.50. The Bertz CT molecular complexity index is 519. The van der Waals surface area contributed by atoms with Crippen LogP contribution in [0.5, 0.6) is 0 Å². The van der Waals surface area contributed by atoms with E-state index in [0.29, 0.717) is 13.1 Å². The summed E-state index contributed by atoms with van der Waals surface area (Å²) in [7, 11) is -3.50. The highest BCUT2D eigenvalue weighted by molar-refractivity contribution is 7.88. The third-order valence-electron chi connectivity index (χ3n) is 3.35. The van der Waals surface area contributed by atoms with Crippen LogP contribution in [0.1, 0.15) is 31.2 Å². The van der Waals surface area contributed by atoms with Crippen molar-refractivity contribution in [3.63, 3.8) is 0 Å². The van der Waals surface area contributed by atoms with E-state index in [-0.39, 0.29) is 16.3 Å². The Balaban J connectivity index is 2.20. The molecule has 0 radical (unpaired) electrons. The molecule has 19 heavy (non-hydrogen) atoms. The van der Waals surface area contributed by atoms with Gasteiger partial charge in [-0.1, -0.05) is 30.5 Å². The average molecular weight is 306 g/mol. The fraction of sp³-hybridized carbons (Fsp3) is 0.538. The Morgan fingerprint density at radius 1 is 1.16 bits per heavy atom. The molecular formula is C13H17ClFNO2S. The monoisotopic (exact) mass is 305 g/mol. The topological polar surface area (TPSA) is 37.4 Å². The molecule has 0 aromatic heterocycles. The van der Waals surface area contributed by atoms with E-state index in [1.54, 1.807) is 0 Å².